The van der Waals surface area contributed by atoms with Crippen molar-refractivity contribution in [2.75, 3.05) is 47.1 Å². The van der Waals surface area contributed by atoms with Crippen LogP contribution in [-0.2, 0) is 16.0 Å². The highest BCUT2D eigenvalue weighted by Crippen LogP contribution is 2.23. The van der Waals surface area contributed by atoms with Gasteiger partial charge in [0.25, 0.3) is 0 Å². The highest BCUT2D eigenvalue weighted by atomic mass is 35.5. The molecule has 0 aromatic heterocycles. The lowest BCUT2D eigenvalue weighted by Crippen LogP contribution is -2.39. The SMILES string of the molecule is CN=C(NCCCOCC1CCOCC1)N(C)Cc1ccc(Cl)c(Cl)c1. The number of rotatable bonds is 8. The van der Waals surface area contributed by atoms with Crippen molar-refractivity contribution in [2.24, 2.45) is 10.9 Å². The Kier molecular flexibility index (Phi) is 9.54. The molecule has 1 saturated heterocycles. The first-order valence-electron chi connectivity index (χ1n) is 9.11. The summed E-state index contributed by atoms with van der Waals surface area (Å²) in [6, 6.07) is 5.68. The van der Waals surface area contributed by atoms with E-state index in [1.807, 2.05) is 25.2 Å². The van der Waals surface area contributed by atoms with Gasteiger partial charge in [-0.25, -0.2) is 0 Å². The van der Waals surface area contributed by atoms with Gasteiger partial charge >= 0.3 is 0 Å². The normalized spacial score (nSPS) is 15.9. The zero-order chi connectivity index (χ0) is 18.8. The van der Waals surface area contributed by atoms with Crippen molar-refractivity contribution < 1.29 is 9.47 Å². The molecule has 0 bridgehead atoms. The number of nitrogens with one attached hydrogen (secondary N) is 1. The maximum absolute atomic E-state index is 6.08. The molecule has 146 valence electrons. The van der Waals surface area contributed by atoms with Crippen molar-refractivity contribution >= 4 is 29.2 Å². The van der Waals surface area contributed by atoms with E-state index < -0.39 is 0 Å². The summed E-state index contributed by atoms with van der Waals surface area (Å²) < 4.78 is 11.2. The van der Waals surface area contributed by atoms with E-state index in [1.54, 1.807) is 7.05 Å². The molecule has 0 spiro atoms. The van der Waals surface area contributed by atoms with Gasteiger partial charge in [-0.1, -0.05) is 29.3 Å². The van der Waals surface area contributed by atoms with E-state index in [9.17, 15) is 0 Å². The smallest absolute Gasteiger partial charge is 0.193 e. The number of hydrogen-bond donors (Lipinski definition) is 1. The summed E-state index contributed by atoms with van der Waals surface area (Å²) in [7, 11) is 3.79. The Hall–Kier alpha value is -1.01. The fourth-order valence-electron chi connectivity index (χ4n) is 2.91. The number of halogens is 2. The van der Waals surface area contributed by atoms with E-state index in [0.29, 0.717) is 22.5 Å². The molecule has 1 aliphatic rings. The lowest BCUT2D eigenvalue weighted by Gasteiger charge is -2.23. The van der Waals surface area contributed by atoms with Crippen LogP contribution in [0.15, 0.2) is 23.2 Å². The molecular formula is C19H29Cl2N3O2. The predicted molar refractivity (Wildman–Crippen MR) is 108 cm³/mol. The van der Waals surface area contributed by atoms with E-state index in [1.165, 1.54) is 0 Å². The van der Waals surface area contributed by atoms with E-state index in [-0.39, 0.29) is 0 Å². The fraction of sp³-hybridized carbons (Fsp3) is 0.632. The maximum Gasteiger partial charge on any atom is 0.193 e. The summed E-state index contributed by atoms with van der Waals surface area (Å²) in [5.41, 5.74) is 1.09. The molecule has 0 amide bonds. The Bertz CT molecular complexity index is 578. The average Bonchev–Trinajstić information content (AvgIpc) is 2.65. The van der Waals surface area contributed by atoms with Gasteiger partial charge < -0.3 is 19.7 Å². The van der Waals surface area contributed by atoms with E-state index in [0.717, 1.165) is 63.8 Å². The maximum atomic E-state index is 6.08. The summed E-state index contributed by atoms with van der Waals surface area (Å²) in [6.45, 7) is 4.88. The number of nitrogens with zero attached hydrogens (tertiary/aromatic N) is 2. The third kappa shape index (κ3) is 7.31. The summed E-state index contributed by atoms with van der Waals surface area (Å²) in [5.74, 6) is 1.50. The van der Waals surface area contributed by atoms with E-state index >= 15 is 0 Å². The lowest BCUT2D eigenvalue weighted by molar-refractivity contribution is 0.0203. The highest BCUT2D eigenvalue weighted by Gasteiger charge is 2.13. The molecule has 1 N–H and O–H groups in total. The third-order valence-corrected chi connectivity index (χ3v) is 5.16. The van der Waals surface area contributed by atoms with Crippen LogP contribution in [0.5, 0.6) is 0 Å². The summed E-state index contributed by atoms with van der Waals surface area (Å²) in [4.78, 5) is 6.39. The van der Waals surface area contributed by atoms with Gasteiger partial charge in [0, 0.05) is 53.6 Å². The first-order valence-corrected chi connectivity index (χ1v) is 9.87. The topological polar surface area (TPSA) is 46.1 Å². The molecule has 0 aliphatic carbocycles. The number of aliphatic imine (C=N–C) groups is 1. The first kappa shape index (κ1) is 21.3. The van der Waals surface area contributed by atoms with Gasteiger partial charge in [0.2, 0.25) is 0 Å². The van der Waals surface area contributed by atoms with Gasteiger partial charge in [0.15, 0.2) is 5.96 Å². The molecule has 0 atom stereocenters. The molecule has 26 heavy (non-hydrogen) atoms. The number of benzene rings is 1. The van der Waals surface area contributed by atoms with Crippen LogP contribution in [0.1, 0.15) is 24.8 Å². The van der Waals surface area contributed by atoms with Crippen molar-refractivity contribution in [3.63, 3.8) is 0 Å². The molecule has 2 rings (SSSR count). The van der Waals surface area contributed by atoms with Crippen molar-refractivity contribution in [3.8, 4) is 0 Å². The summed E-state index contributed by atoms with van der Waals surface area (Å²) >= 11 is 12.0. The van der Waals surface area contributed by atoms with Gasteiger partial charge in [-0.2, -0.15) is 0 Å². The fourth-order valence-corrected chi connectivity index (χ4v) is 3.23. The van der Waals surface area contributed by atoms with Crippen LogP contribution < -0.4 is 5.32 Å². The molecule has 1 fully saturated rings. The van der Waals surface area contributed by atoms with Gasteiger partial charge in [-0.05, 0) is 42.9 Å². The molecule has 0 radical (unpaired) electrons. The van der Waals surface area contributed by atoms with Crippen LogP contribution in [0, 0.1) is 5.92 Å². The molecular weight excluding hydrogens is 373 g/mol. The molecule has 1 heterocycles. The summed E-state index contributed by atoms with van der Waals surface area (Å²) in [6.07, 6.45) is 3.18. The number of hydrogen-bond acceptors (Lipinski definition) is 3. The van der Waals surface area contributed by atoms with Crippen LogP contribution >= 0.6 is 23.2 Å². The predicted octanol–water partition coefficient (Wildman–Crippen LogP) is 3.83. The van der Waals surface area contributed by atoms with Gasteiger partial charge in [0.1, 0.15) is 0 Å². The van der Waals surface area contributed by atoms with Crippen molar-refractivity contribution in [1.82, 2.24) is 10.2 Å². The minimum atomic E-state index is 0.571. The van der Waals surface area contributed by atoms with Gasteiger partial charge in [-0.3, -0.25) is 4.99 Å². The standard InChI is InChI=1S/C19H29Cl2N3O2/c1-22-19(24(2)13-16-4-5-17(20)18(21)12-16)23-8-3-9-26-14-15-6-10-25-11-7-15/h4-5,12,15H,3,6-11,13-14H2,1-2H3,(H,22,23). The molecule has 1 aromatic carbocycles. The second-order valence-corrected chi connectivity index (χ2v) is 7.38. The first-order chi connectivity index (χ1) is 12.6. The largest absolute Gasteiger partial charge is 0.381 e. The molecule has 1 aliphatic heterocycles. The Labute approximate surface area is 166 Å². The summed E-state index contributed by atoms with van der Waals surface area (Å²) in [5, 5.41) is 4.51. The Morgan fingerprint density at radius 1 is 1.31 bits per heavy atom. The second-order valence-electron chi connectivity index (χ2n) is 6.56. The van der Waals surface area contributed by atoms with Crippen LogP contribution in [0.25, 0.3) is 0 Å². The van der Waals surface area contributed by atoms with Crippen LogP contribution in [-0.4, -0.2) is 57.9 Å². The zero-order valence-corrected chi connectivity index (χ0v) is 17.2. The molecule has 5 nitrogen and oxygen atoms in total. The lowest BCUT2D eigenvalue weighted by atomic mass is 10.0. The minimum Gasteiger partial charge on any atom is -0.381 e. The quantitative estimate of drug-likeness (QED) is 0.408. The van der Waals surface area contributed by atoms with E-state index in [4.69, 9.17) is 32.7 Å². The Morgan fingerprint density at radius 2 is 2.08 bits per heavy atom. The highest BCUT2D eigenvalue weighted by molar-refractivity contribution is 6.42. The van der Waals surface area contributed by atoms with Gasteiger partial charge in [0.05, 0.1) is 10.0 Å². The number of guanidine groups is 1. The van der Waals surface area contributed by atoms with E-state index in [2.05, 4.69) is 15.2 Å². The number of ether oxygens (including phenoxy) is 2. The third-order valence-electron chi connectivity index (χ3n) is 4.42. The van der Waals surface area contributed by atoms with Crippen LogP contribution in [0.4, 0.5) is 0 Å². The van der Waals surface area contributed by atoms with Crippen molar-refractivity contribution in [2.45, 2.75) is 25.8 Å². The van der Waals surface area contributed by atoms with Crippen LogP contribution in [0.2, 0.25) is 10.0 Å². The Balaban J connectivity index is 1.63. The molecule has 0 saturated carbocycles. The molecule has 0 unspecified atom stereocenters. The van der Waals surface area contributed by atoms with Crippen LogP contribution in [0.3, 0.4) is 0 Å². The minimum absolute atomic E-state index is 0.571. The molecule has 7 heteroatoms. The second kappa shape index (κ2) is 11.7. The molecule has 1 aromatic rings. The van der Waals surface area contributed by atoms with Gasteiger partial charge in [-0.15, -0.1) is 0 Å². The van der Waals surface area contributed by atoms with Crippen molar-refractivity contribution in [1.29, 1.82) is 0 Å². The monoisotopic (exact) mass is 401 g/mol. The van der Waals surface area contributed by atoms with Crippen molar-refractivity contribution in [3.05, 3.63) is 33.8 Å². The Morgan fingerprint density at radius 3 is 2.77 bits per heavy atom. The zero-order valence-electron chi connectivity index (χ0n) is 15.6. The average molecular weight is 402 g/mol.